The number of hydrogen-bond donors (Lipinski definition) is 1. The maximum Gasteiger partial charge on any atom is 0.225 e. The lowest BCUT2D eigenvalue weighted by molar-refractivity contribution is 0.617. The molecule has 7 heteroatoms. The highest BCUT2D eigenvalue weighted by atomic mass is 35.5. The third kappa shape index (κ3) is 2.91. The molecule has 1 aromatic carbocycles. The summed E-state index contributed by atoms with van der Waals surface area (Å²) >= 11 is 11.2. The molecule has 1 N–H and O–H groups in total. The molecule has 0 spiro atoms. The van der Waals surface area contributed by atoms with Gasteiger partial charge in [0.2, 0.25) is 5.95 Å². The van der Waals surface area contributed by atoms with Gasteiger partial charge in [0.25, 0.3) is 0 Å². The fourth-order valence-electron chi connectivity index (χ4n) is 2.65. The number of nitrogens with one attached hydrogen (secondary N) is 1. The van der Waals surface area contributed by atoms with Crippen LogP contribution in [0.15, 0.2) is 24.3 Å². The van der Waals surface area contributed by atoms with E-state index in [1.54, 1.807) is 0 Å². The average Bonchev–Trinajstić information content (AvgIpc) is 2.89. The molecule has 1 aliphatic rings. The lowest BCUT2D eigenvalue weighted by Gasteiger charge is -2.36. The number of hydrogen-bond acceptors (Lipinski definition) is 4. The number of aromatic amines is 1. The van der Waals surface area contributed by atoms with Crippen molar-refractivity contribution in [2.45, 2.75) is 13.5 Å². The fraction of sp³-hybridized carbons (Fsp3) is 0.429. The van der Waals surface area contributed by atoms with Crippen molar-refractivity contribution in [3.05, 3.63) is 34.1 Å². The first-order valence-corrected chi connectivity index (χ1v) is 7.88. The largest absolute Gasteiger partial charge is 0.368 e. The summed E-state index contributed by atoms with van der Waals surface area (Å²) in [5.41, 5.74) is 1.22. The van der Waals surface area contributed by atoms with Gasteiger partial charge in [-0.25, -0.2) is 5.10 Å². The number of H-pyrrole nitrogens is 1. The van der Waals surface area contributed by atoms with Gasteiger partial charge >= 0.3 is 0 Å². The van der Waals surface area contributed by atoms with Gasteiger partial charge in [-0.15, -0.1) is 5.10 Å². The summed E-state index contributed by atoms with van der Waals surface area (Å²) in [6.07, 6.45) is 0. The van der Waals surface area contributed by atoms with E-state index in [0.29, 0.717) is 4.77 Å². The van der Waals surface area contributed by atoms with E-state index in [1.807, 2.05) is 16.7 Å². The minimum atomic E-state index is 0.688. The summed E-state index contributed by atoms with van der Waals surface area (Å²) in [5, 5.41) is 8.01. The molecule has 2 heterocycles. The van der Waals surface area contributed by atoms with E-state index >= 15 is 0 Å². The molecule has 1 aliphatic heterocycles. The number of nitrogens with zero attached hydrogens (tertiary/aromatic N) is 4. The number of rotatable bonds is 3. The molecule has 0 aliphatic carbocycles. The van der Waals surface area contributed by atoms with E-state index in [2.05, 4.69) is 39.1 Å². The molecule has 2 aromatic rings. The van der Waals surface area contributed by atoms with E-state index in [9.17, 15) is 0 Å². The lowest BCUT2D eigenvalue weighted by atomic mass is 10.2. The molecule has 3 rings (SSSR count). The van der Waals surface area contributed by atoms with Gasteiger partial charge in [0.05, 0.1) is 0 Å². The Balaban J connectivity index is 1.70. The van der Waals surface area contributed by atoms with Crippen LogP contribution in [0.1, 0.15) is 6.92 Å². The zero-order valence-corrected chi connectivity index (χ0v) is 13.5. The van der Waals surface area contributed by atoms with Crippen LogP contribution in [0.25, 0.3) is 0 Å². The molecule has 0 amide bonds. The van der Waals surface area contributed by atoms with Crippen molar-refractivity contribution in [2.75, 3.05) is 36.0 Å². The van der Waals surface area contributed by atoms with Gasteiger partial charge in [-0.3, -0.25) is 4.57 Å². The van der Waals surface area contributed by atoms with Crippen molar-refractivity contribution < 1.29 is 0 Å². The second-order valence-corrected chi connectivity index (χ2v) is 5.85. The van der Waals surface area contributed by atoms with Gasteiger partial charge in [0, 0.05) is 43.4 Å². The monoisotopic (exact) mass is 323 g/mol. The third-order valence-electron chi connectivity index (χ3n) is 3.81. The second kappa shape index (κ2) is 6.07. The van der Waals surface area contributed by atoms with Crippen molar-refractivity contribution in [1.82, 2.24) is 14.8 Å². The fourth-order valence-corrected chi connectivity index (χ4v) is 3.03. The molecule has 0 unspecified atom stereocenters. The molecule has 0 saturated carbocycles. The standard InChI is InChI=1S/C14H18ClN5S/c1-2-20-13(16-17-14(20)21)19-9-7-18(8-10-19)12-5-3-11(15)4-6-12/h3-6H,2,7-10H2,1H3,(H,17,21). The molecule has 1 fully saturated rings. The number of aromatic nitrogens is 3. The minimum absolute atomic E-state index is 0.688. The van der Waals surface area contributed by atoms with Crippen LogP contribution in [0.4, 0.5) is 11.6 Å². The normalized spacial score (nSPS) is 15.5. The minimum Gasteiger partial charge on any atom is -0.368 e. The number of benzene rings is 1. The van der Waals surface area contributed by atoms with Gasteiger partial charge in [-0.2, -0.15) is 0 Å². The van der Waals surface area contributed by atoms with Crippen LogP contribution in [-0.2, 0) is 6.54 Å². The quantitative estimate of drug-likeness (QED) is 0.882. The molecular formula is C14H18ClN5S. The van der Waals surface area contributed by atoms with Crippen molar-refractivity contribution in [2.24, 2.45) is 0 Å². The summed E-state index contributed by atoms with van der Waals surface area (Å²) < 4.78 is 2.72. The highest BCUT2D eigenvalue weighted by Crippen LogP contribution is 2.21. The Morgan fingerprint density at radius 2 is 1.76 bits per heavy atom. The summed E-state index contributed by atoms with van der Waals surface area (Å²) in [6.45, 7) is 6.71. The highest BCUT2D eigenvalue weighted by molar-refractivity contribution is 7.71. The van der Waals surface area contributed by atoms with Gasteiger partial charge in [-0.05, 0) is 43.4 Å². The number of piperazine rings is 1. The van der Waals surface area contributed by atoms with Gasteiger partial charge in [0.15, 0.2) is 4.77 Å². The molecule has 112 valence electrons. The van der Waals surface area contributed by atoms with Crippen molar-refractivity contribution in [3.63, 3.8) is 0 Å². The van der Waals surface area contributed by atoms with Gasteiger partial charge in [-0.1, -0.05) is 11.6 Å². The summed E-state index contributed by atoms with van der Waals surface area (Å²) in [7, 11) is 0. The molecular weight excluding hydrogens is 306 g/mol. The predicted octanol–water partition coefficient (Wildman–Crippen LogP) is 2.94. The molecule has 1 aromatic heterocycles. The molecule has 0 bridgehead atoms. The van der Waals surface area contributed by atoms with Crippen molar-refractivity contribution in [1.29, 1.82) is 0 Å². The second-order valence-electron chi connectivity index (χ2n) is 5.02. The van der Waals surface area contributed by atoms with Crippen molar-refractivity contribution >= 4 is 35.5 Å². The van der Waals surface area contributed by atoms with Gasteiger partial charge in [0.1, 0.15) is 0 Å². The van der Waals surface area contributed by atoms with Crippen LogP contribution >= 0.6 is 23.8 Å². The van der Waals surface area contributed by atoms with E-state index in [1.165, 1.54) is 5.69 Å². The zero-order valence-electron chi connectivity index (χ0n) is 11.9. The third-order valence-corrected chi connectivity index (χ3v) is 4.37. The van der Waals surface area contributed by atoms with Gasteiger partial charge < -0.3 is 9.80 Å². The summed E-state index contributed by atoms with van der Waals surface area (Å²) in [5.74, 6) is 0.943. The predicted molar refractivity (Wildman–Crippen MR) is 89.0 cm³/mol. The Labute approximate surface area is 134 Å². The molecule has 21 heavy (non-hydrogen) atoms. The van der Waals surface area contributed by atoms with Crippen LogP contribution in [0.2, 0.25) is 5.02 Å². The Morgan fingerprint density at radius 1 is 1.14 bits per heavy atom. The van der Waals surface area contributed by atoms with E-state index in [0.717, 1.165) is 43.7 Å². The molecule has 1 saturated heterocycles. The number of anilines is 2. The van der Waals surface area contributed by atoms with Crippen LogP contribution in [0.5, 0.6) is 0 Å². The highest BCUT2D eigenvalue weighted by Gasteiger charge is 2.21. The van der Waals surface area contributed by atoms with E-state index in [-0.39, 0.29) is 0 Å². The lowest BCUT2D eigenvalue weighted by Crippen LogP contribution is -2.47. The Hall–Kier alpha value is -1.53. The van der Waals surface area contributed by atoms with Crippen LogP contribution in [0.3, 0.4) is 0 Å². The first-order chi connectivity index (χ1) is 10.2. The molecule has 0 atom stereocenters. The summed E-state index contributed by atoms with van der Waals surface area (Å²) in [4.78, 5) is 4.65. The van der Waals surface area contributed by atoms with Crippen LogP contribution in [-0.4, -0.2) is 40.9 Å². The van der Waals surface area contributed by atoms with E-state index in [4.69, 9.17) is 23.8 Å². The zero-order chi connectivity index (χ0) is 14.8. The summed E-state index contributed by atoms with van der Waals surface area (Å²) in [6, 6.07) is 8.01. The molecule has 0 radical (unpaired) electrons. The molecule has 5 nitrogen and oxygen atoms in total. The maximum absolute atomic E-state index is 5.94. The van der Waals surface area contributed by atoms with Crippen molar-refractivity contribution in [3.8, 4) is 0 Å². The smallest absolute Gasteiger partial charge is 0.225 e. The average molecular weight is 324 g/mol. The number of halogens is 1. The first-order valence-electron chi connectivity index (χ1n) is 7.09. The van der Waals surface area contributed by atoms with E-state index < -0.39 is 0 Å². The SMILES string of the molecule is CCn1c(N2CCN(c3ccc(Cl)cc3)CC2)n[nH]c1=S. The Kier molecular flexibility index (Phi) is 4.17. The first kappa shape index (κ1) is 14.4. The maximum atomic E-state index is 5.94. The topological polar surface area (TPSA) is 40.1 Å². The Bertz CT molecular complexity index is 655. The van der Waals surface area contributed by atoms with Crippen LogP contribution in [0, 0.1) is 4.77 Å². The van der Waals surface area contributed by atoms with Crippen LogP contribution < -0.4 is 9.80 Å². The Morgan fingerprint density at radius 3 is 2.38 bits per heavy atom.